The van der Waals surface area contributed by atoms with Crippen LogP contribution in [-0.4, -0.2) is 31.1 Å². The molecular weight excluding hydrogens is 310 g/mol. The molecule has 5 heteroatoms. The first-order valence-electron chi connectivity index (χ1n) is 7.53. The lowest BCUT2D eigenvalue weighted by Crippen LogP contribution is -2.47. The van der Waals surface area contributed by atoms with Gasteiger partial charge in [-0.1, -0.05) is 37.9 Å². The summed E-state index contributed by atoms with van der Waals surface area (Å²) in [5, 5.41) is 3.91. The number of nitrogens with one attached hydrogen (secondary N) is 1. The SMILES string of the molecule is CCCC(C)[C@@H](c1c(F)cccc1Cl)N1CCNCC1.Cl. The van der Waals surface area contributed by atoms with Gasteiger partial charge in [0.25, 0.3) is 0 Å². The number of rotatable bonds is 5. The van der Waals surface area contributed by atoms with Crippen LogP contribution in [0.15, 0.2) is 18.2 Å². The maximum Gasteiger partial charge on any atom is 0.129 e. The van der Waals surface area contributed by atoms with Crippen molar-refractivity contribution >= 4 is 24.0 Å². The Morgan fingerprint density at radius 2 is 2.00 bits per heavy atom. The zero-order valence-electron chi connectivity index (χ0n) is 12.7. The lowest BCUT2D eigenvalue weighted by atomic mass is 9.89. The third kappa shape index (κ3) is 4.56. The van der Waals surface area contributed by atoms with Crippen LogP contribution in [0.2, 0.25) is 5.02 Å². The van der Waals surface area contributed by atoms with Crippen molar-refractivity contribution < 1.29 is 4.39 Å². The van der Waals surface area contributed by atoms with E-state index in [0.29, 0.717) is 16.5 Å². The summed E-state index contributed by atoms with van der Waals surface area (Å²) in [6.07, 6.45) is 2.19. The van der Waals surface area contributed by atoms with Gasteiger partial charge in [-0.05, 0) is 24.5 Å². The summed E-state index contributed by atoms with van der Waals surface area (Å²) >= 11 is 6.31. The standard InChI is InChI=1S/C16H24ClFN2.ClH/c1-3-5-12(2)16(20-10-8-19-9-11-20)15-13(17)6-4-7-14(15)18;/h4,6-7,12,16,19H,3,5,8-11H2,1-2H3;1H/t12?,16-;/m0./s1. The van der Waals surface area contributed by atoms with Crippen LogP contribution in [0.4, 0.5) is 4.39 Å². The van der Waals surface area contributed by atoms with Gasteiger partial charge in [-0.25, -0.2) is 4.39 Å². The molecule has 1 N–H and O–H groups in total. The first kappa shape index (κ1) is 18.7. The van der Waals surface area contributed by atoms with Gasteiger partial charge < -0.3 is 5.32 Å². The lowest BCUT2D eigenvalue weighted by molar-refractivity contribution is 0.123. The summed E-state index contributed by atoms with van der Waals surface area (Å²) in [4.78, 5) is 2.38. The van der Waals surface area contributed by atoms with E-state index >= 15 is 0 Å². The molecule has 1 heterocycles. The van der Waals surface area contributed by atoms with Crippen molar-refractivity contribution in [1.29, 1.82) is 0 Å². The van der Waals surface area contributed by atoms with Gasteiger partial charge in [-0.3, -0.25) is 4.90 Å². The summed E-state index contributed by atoms with van der Waals surface area (Å²) in [7, 11) is 0. The van der Waals surface area contributed by atoms with Crippen molar-refractivity contribution in [3.8, 4) is 0 Å². The summed E-state index contributed by atoms with van der Waals surface area (Å²) in [5.41, 5.74) is 0.678. The van der Waals surface area contributed by atoms with Crippen LogP contribution >= 0.6 is 24.0 Å². The molecule has 1 fully saturated rings. The molecule has 21 heavy (non-hydrogen) atoms. The molecular formula is C16H25Cl2FN2. The molecule has 120 valence electrons. The van der Waals surface area contributed by atoms with E-state index in [2.05, 4.69) is 24.1 Å². The summed E-state index contributed by atoms with van der Waals surface area (Å²) in [6.45, 7) is 8.20. The normalized spacial score (nSPS) is 18.9. The highest BCUT2D eigenvalue weighted by Gasteiger charge is 2.30. The van der Waals surface area contributed by atoms with E-state index in [4.69, 9.17) is 11.6 Å². The number of halogens is 3. The van der Waals surface area contributed by atoms with Gasteiger partial charge in [0.15, 0.2) is 0 Å². The third-order valence-electron chi connectivity index (χ3n) is 4.12. The number of piperazine rings is 1. The van der Waals surface area contributed by atoms with Gasteiger partial charge in [0.2, 0.25) is 0 Å². The molecule has 0 bridgehead atoms. The Morgan fingerprint density at radius 1 is 1.33 bits per heavy atom. The molecule has 0 saturated carbocycles. The highest BCUT2D eigenvalue weighted by atomic mass is 35.5. The molecule has 1 aromatic carbocycles. The van der Waals surface area contributed by atoms with Gasteiger partial charge in [0.05, 0.1) is 0 Å². The average Bonchev–Trinajstić information content (AvgIpc) is 2.44. The van der Waals surface area contributed by atoms with Gasteiger partial charge in [-0.15, -0.1) is 12.4 Å². The molecule has 0 amide bonds. The van der Waals surface area contributed by atoms with E-state index in [-0.39, 0.29) is 24.3 Å². The van der Waals surface area contributed by atoms with Crippen LogP contribution in [0.25, 0.3) is 0 Å². The van der Waals surface area contributed by atoms with Crippen molar-refractivity contribution in [2.75, 3.05) is 26.2 Å². The van der Waals surface area contributed by atoms with E-state index < -0.39 is 0 Å². The minimum Gasteiger partial charge on any atom is -0.314 e. The highest BCUT2D eigenvalue weighted by Crippen LogP contribution is 2.37. The molecule has 2 atom stereocenters. The Bertz CT molecular complexity index is 416. The second kappa shape index (κ2) is 8.94. The zero-order chi connectivity index (χ0) is 14.5. The first-order chi connectivity index (χ1) is 9.65. The minimum absolute atomic E-state index is 0. The number of benzene rings is 1. The molecule has 1 aromatic rings. The Kier molecular flexibility index (Phi) is 7.96. The molecule has 1 aliphatic heterocycles. The minimum atomic E-state index is -0.177. The average molecular weight is 335 g/mol. The van der Waals surface area contributed by atoms with Crippen LogP contribution in [0.5, 0.6) is 0 Å². The summed E-state index contributed by atoms with van der Waals surface area (Å²) < 4.78 is 14.3. The molecule has 0 radical (unpaired) electrons. The maximum absolute atomic E-state index is 14.3. The molecule has 1 unspecified atom stereocenters. The Balaban J connectivity index is 0.00000220. The van der Waals surface area contributed by atoms with Gasteiger partial charge in [0, 0.05) is 42.8 Å². The van der Waals surface area contributed by atoms with Crippen molar-refractivity contribution in [1.82, 2.24) is 10.2 Å². The highest BCUT2D eigenvalue weighted by molar-refractivity contribution is 6.31. The smallest absolute Gasteiger partial charge is 0.129 e. The van der Waals surface area contributed by atoms with Gasteiger partial charge in [0.1, 0.15) is 5.82 Å². The summed E-state index contributed by atoms with van der Waals surface area (Å²) in [6, 6.07) is 5.08. The van der Waals surface area contributed by atoms with Crippen LogP contribution in [0.3, 0.4) is 0 Å². The Hall–Kier alpha value is -0.350. The Labute approximate surface area is 138 Å². The van der Waals surface area contributed by atoms with Crippen LogP contribution < -0.4 is 5.32 Å². The quantitative estimate of drug-likeness (QED) is 0.864. The first-order valence-corrected chi connectivity index (χ1v) is 7.91. The number of hydrogen-bond donors (Lipinski definition) is 1. The van der Waals surface area contributed by atoms with Crippen molar-refractivity contribution in [3.05, 3.63) is 34.6 Å². The lowest BCUT2D eigenvalue weighted by Gasteiger charge is -2.39. The number of hydrogen-bond acceptors (Lipinski definition) is 2. The maximum atomic E-state index is 14.3. The predicted octanol–water partition coefficient (Wildman–Crippen LogP) is 4.28. The molecule has 0 aliphatic carbocycles. The second-order valence-electron chi connectivity index (χ2n) is 5.63. The second-order valence-corrected chi connectivity index (χ2v) is 6.04. The van der Waals surface area contributed by atoms with Crippen LogP contribution in [-0.2, 0) is 0 Å². The van der Waals surface area contributed by atoms with E-state index in [0.717, 1.165) is 39.0 Å². The van der Waals surface area contributed by atoms with E-state index in [1.165, 1.54) is 6.07 Å². The van der Waals surface area contributed by atoms with Crippen molar-refractivity contribution in [2.45, 2.75) is 32.7 Å². The molecule has 2 nitrogen and oxygen atoms in total. The van der Waals surface area contributed by atoms with Gasteiger partial charge in [-0.2, -0.15) is 0 Å². The fraction of sp³-hybridized carbons (Fsp3) is 0.625. The van der Waals surface area contributed by atoms with Crippen LogP contribution in [0.1, 0.15) is 38.3 Å². The third-order valence-corrected chi connectivity index (χ3v) is 4.45. The number of nitrogens with zero attached hydrogens (tertiary/aromatic N) is 1. The van der Waals surface area contributed by atoms with Gasteiger partial charge >= 0.3 is 0 Å². The van der Waals surface area contributed by atoms with Crippen molar-refractivity contribution in [3.63, 3.8) is 0 Å². The van der Waals surface area contributed by atoms with E-state index in [1.54, 1.807) is 12.1 Å². The fourth-order valence-corrected chi connectivity index (χ4v) is 3.47. The van der Waals surface area contributed by atoms with E-state index in [1.807, 2.05) is 0 Å². The Morgan fingerprint density at radius 3 is 2.57 bits per heavy atom. The molecule has 1 aliphatic rings. The zero-order valence-corrected chi connectivity index (χ0v) is 14.3. The molecule has 0 spiro atoms. The predicted molar refractivity (Wildman–Crippen MR) is 89.9 cm³/mol. The van der Waals surface area contributed by atoms with Crippen LogP contribution in [0, 0.1) is 11.7 Å². The molecule has 1 saturated heterocycles. The van der Waals surface area contributed by atoms with Crippen molar-refractivity contribution in [2.24, 2.45) is 5.92 Å². The fourth-order valence-electron chi connectivity index (χ4n) is 3.19. The molecule has 0 aromatic heterocycles. The largest absolute Gasteiger partial charge is 0.314 e. The molecule has 2 rings (SSSR count). The monoisotopic (exact) mass is 334 g/mol. The summed E-state index contributed by atoms with van der Waals surface area (Å²) in [5.74, 6) is 0.219. The topological polar surface area (TPSA) is 15.3 Å². The van der Waals surface area contributed by atoms with E-state index in [9.17, 15) is 4.39 Å².